The number of ketones is 1. The molecule has 0 bridgehead atoms. The third kappa shape index (κ3) is 8.16. The first-order valence-electron chi connectivity index (χ1n) is 12.9. The normalized spacial score (nSPS) is 10.8. The van der Waals surface area contributed by atoms with Gasteiger partial charge in [-0.25, -0.2) is 0 Å². The molecule has 40 heavy (non-hydrogen) atoms. The number of ether oxygens (including phenoxy) is 1. The van der Waals surface area contributed by atoms with Gasteiger partial charge in [-0.15, -0.1) is 0 Å². The van der Waals surface area contributed by atoms with Gasteiger partial charge >= 0.3 is 0 Å². The average molecular weight is 553 g/mol. The minimum Gasteiger partial charge on any atom is -0.494 e. The summed E-state index contributed by atoms with van der Waals surface area (Å²) in [7, 11) is 0. The Labute approximate surface area is 238 Å². The number of carbonyl (C=O) groups excluding carboxylic acids is 3. The number of halogens is 1. The molecule has 7 heteroatoms. The first kappa shape index (κ1) is 28.3. The molecule has 0 atom stereocenters. The fourth-order valence-electron chi connectivity index (χ4n) is 3.90. The lowest BCUT2D eigenvalue weighted by atomic mass is 10.0. The highest BCUT2D eigenvalue weighted by Crippen LogP contribution is 2.25. The summed E-state index contributed by atoms with van der Waals surface area (Å²) >= 11 is 5.94. The number of anilines is 2. The summed E-state index contributed by atoms with van der Waals surface area (Å²) in [5, 5.41) is 6.22. The van der Waals surface area contributed by atoms with E-state index in [0.29, 0.717) is 28.6 Å². The summed E-state index contributed by atoms with van der Waals surface area (Å²) in [6, 6.07) is 28.0. The van der Waals surface area contributed by atoms with E-state index in [1.165, 1.54) is 6.08 Å². The summed E-state index contributed by atoms with van der Waals surface area (Å²) in [6.07, 6.45) is 4.16. The highest BCUT2D eigenvalue weighted by Gasteiger charge is 2.17. The first-order chi connectivity index (χ1) is 19.4. The Morgan fingerprint density at radius 2 is 1.57 bits per heavy atom. The van der Waals surface area contributed by atoms with E-state index in [0.717, 1.165) is 23.3 Å². The van der Waals surface area contributed by atoms with Gasteiger partial charge in [-0.2, -0.15) is 0 Å². The van der Waals surface area contributed by atoms with Crippen LogP contribution in [0.25, 0.3) is 6.08 Å². The fraction of sp³-hybridized carbons (Fsp3) is 0.121. The van der Waals surface area contributed by atoms with Crippen LogP contribution in [0, 0.1) is 0 Å². The first-order valence-corrected chi connectivity index (χ1v) is 13.3. The van der Waals surface area contributed by atoms with Crippen LogP contribution in [-0.2, 0) is 16.0 Å². The van der Waals surface area contributed by atoms with Crippen molar-refractivity contribution in [2.45, 2.75) is 19.8 Å². The van der Waals surface area contributed by atoms with Gasteiger partial charge in [0.05, 0.1) is 18.7 Å². The maximum absolute atomic E-state index is 13.4. The third-order valence-electron chi connectivity index (χ3n) is 5.90. The molecule has 202 valence electrons. The summed E-state index contributed by atoms with van der Waals surface area (Å²) in [4.78, 5) is 38.8. The Morgan fingerprint density at radius 1 is 0.850 bits per heavy atom. The van der Waals surface area contributed by atoms with Gasteiger partial charge in [0.2, 0.25) is 11.8 Å². The molecule has 2 N–H and O–H groups in total. The molecule has 0 fully saturated rings. The van der Waals surface area contributed by atoms with E-state index in [9.17, 15) is 14.4 Å². The molecule has 0 aliphatic heterocycles. The fourth-order valence-corrected chi connectivity index (χ4v) is 4.02. The Hall–Kier alpha value is -4.68. The van der Waals surface area contributed by atoms with Crippen molar-refractivity contribution in [3.05, 3.63) is 130 Å². The summed E-state index contributed by atoms with van der Waals surface area (Å²) in [5.41, 5.74) is 3.14. The second kappa shape index (κ2) is 13.9. The zero-order valence-electron chi connectivity index (χ0n) is 22.0. The van der Waals surface area contributed by atoms with E-state index in [1.807, 2.05) is 37.3 Å². The van der Waals surface area contributed by atoms with Gasteiger partial charge in [0.1, 0.15) is 5.75 Å². The van der Waals surface area contributed by atoms with Crippen LogP contribution in [0.1, 0.15) is 40.4 Å². The van der Waals surface area contributed by atoms with Crippen LogP contribution in [0.3, 0.4) is 0 Å². The molecule has 0 aliphatic carbocycles. The van der Waals surface area contributed by atoms with Crippen LogP contribution in [0.2, 0.25) is 5.02 Å². The van der Waals surface area contributed by atoms with Crippen molar-refractivity contribution in [2.75, 3.05) is 17.2 Å². The number of hydrogen-bond acceptors (Lipinski definition) is 4. The lowest BCUT2D eigenvalue weighted by Gasteiger charge is -2.13. The average Bonchev–Trinajstić information content (AvgIpc) is 2.97. The van der Waals surface area contributed by atoms with E-state index < -0.39 is 0 Å². The lowest BCUT2D eigenvalue weighted by molar-refractivity contribution is -0.115. The van der Waals surface area contributed by atoms with Crippen molar-refractivity contribution in [3.8, 4) is 5.75 Å². The zero-order chi connectivity index (χ0) is 28.3. The van der Waals surface area contributed by atoms with Gasteiger partial charge in [0, 0.05) is 27.9 Å². The van der Waals surface area contributed by atoms with Gasteiger partial charge < -0.3 is 15.4 Å². The number of hydrogen-bond donors (Lipinski definition) is 2. The van der Waals surface area contributed by atoms with Crippen LogP contribution in [-0.4, -0.2) is 24.2 Å². The number of benzene rings is 4. The molecule has 0 spiro atoms. The minimum atomic E-state index is -0.357. The number of carbonyl (C=O) groups is 3. The van der Waals surface area contributed by atoms with Gasteiger partial charge in [0.15, 0.2) is 5.78 Å². The summed E-state index contributed by atoms with van der Waals surface area (Å²) in [5.74, 6) is -0.141. The predicted octanol–water partition coefficient (Wildman–Crippen LogP) is 7.19. The Balaban J connectivity index is 1.50. The van der Waals surface area contributed by atoms with Crippen molar-refractivity contribution in [2.24, 2.45) is 0 Å². The molecule has 4 aromatic carbocycles. The number of rotatable bonds is 11. The Morgan fingerprint density at radius 3 is 2.27 bits per heavy atom. The second-order valence-corrected chi connectivity index (χ2v) is 9.48. The lowest BCUT2D eigenvalue weighted by Crippen LogP contribution is -2.18. The van der Waals surface area contributed by atoms with Crippen LogP contribution in [0.4, 0.5) is 11.4 Å². The molecular formula is C33H29ClN2O4. The molecule has 0 aromatic heterocycles. The standard InChI is InChI=1S/C33H29ClN2O4/c1-2-20-40-28-16-10-23(11-17-28)12-19-31(37)35-27-15-18-30(29(22-27)33(39)25-6-4-3-5-7-25)36-32(38)21-24-8-13-26(34)14-9-24/h3-19,22H,2,20-21H2,1H3,(H,35,37)(H,36,38)/b19-12+. The molecule has 0 saturated carbocycles. The third-order valence-corrected chi connectivity index (χ3v) is 6.15. The van der Waals surface area contributed by atoms with E-state index >= 15 is 0 Å². The second-order valence-electron chi connectivity index (χ2n) is 9.05. The molecular weight excluding hydrogens is 524 g/mol. The van der Waals surface area contributed by atoms with Crippen molar-refractivity contribution >= 4 is 46.6 Å². The molecule has 4 rings (SSSR count). The summed E-state index contributed by atoms with van der Waals surface area (Å²) < 4.78 is 5.58. The van der Waals surface area contributed by atoms with E-state index in [1.54, 1.807) is 72.8 Å². The largest absolute Gasteiger partial charge is 0.494 e. The monoisotopic (exact) mass is 552 g/mol. The van der Waals surface area contributed by atoms with Gasteiger partial charge in [-0.1, -0.05) is 73.1 Å². The molecule has 2 amide bonds. The van der Waals surface area contributed by atoms with Crippen LogP contribution in [0.5, 0.6) is 5.75 Å². The molecule has 0 heterocycles. The quantitative estimate of drug-likeness (QED) is 0.152. The van der Waals surface area contributed by atoms with Gasteiger partial charge in [-0.3, -0.25) is 14.4 Å². The van der Waals surface area contributed by atoms with Crippen molar-refractivity contribution in [3.63, 3.8) is 0 Å². The zero-order valence-corrected chi connectivity index (χ0v) is 22.8. The molecule has 0 saturated heterocycles. The van der Waals surface area contributed by atoms with Gasteiger partial charge in [-0.05, 0) is 66.1 Å². The van der Waals surface area contributed by atoms with Crippen molar-refractivity contribution in [1.82, 2.24) is 0 Å². The van der Waals surface area contributed by atoms with Crippen molar-refractivity contribution < 1.29 is 19.1 Å². The summed E-state index contributed by atoms with van der Waals surface area (Å²) in [6.45, 7) is 2.69. The minimum absolute atomic E-state index is 0.116. The van der Waals surface area contributed by atoms with E-state index in [4.69, 9.17) is 16.3 Å². The van der Waals surface area contributed by atoms with E-state index in [2.05, 4.69) is 10.6 Å². The highest BCUT2D eigenvalue weighted by molar-refractivity contribution is 6.30. The molecule has 0 aliphatic rings. The molecule has 4 aromatic rings. The van der Waals surface area contributed by atoms with Crippen molar-refractivity contribution in [1.29, 1.82) is 0 Å². The van der Waals surface area contributed by atoms with Crippen LogP contribution in [0.15, 0.2) is 103 Å². The Kier molecular flexibility index (Phi) is 9.86. The smallest absolute Gasteiger partial charge is 0.248 e. The van der Waals surface area contributed by atoms with Crippen LogP contribution >= 0.6 is 11.6 Å². The maximum Gasteiger partial charge on any atom is 0.248 e. The van der Waals surface area contributed by atoms with Crippen LogP contribution < -0.4 is 15.4 Å². The van der Waals surface area contributed by atoms with Gasteiger partial charge in [0.25, 0.3) is 0 Å². The van der Waals surface area contributed by atoms with E-state index in [-0.39, 0.29) is 29.6 Å². The highest BCUT2D eigenvalue weighted by atomic mass is 35.5. The molecule has 6 nitrogen and oxygen atoms in total. The number of nitrogens with one attached hydrogen (secondary N) is 2. The topological polar surface area (TPSA) is 84.5 Å². The predicted molar refractivity (Wildman–Crippen MR) is 160 cm³/mol. The Bertz CT molecular complexity index is 1500. The number of amides is 2. The molecule has 0 unspecified atom stereocenters. The SMILES string of the molecule is CCCOc1ccc(/C=C/C(=O)Nc2ccc(NC(=O)Cc3ccc(Cl)cc3)c(C(=O)c3ccccc3)c2)cc1. The molecule has 0 radical (unpaired) electrons. The maximum atomic E-state index is 13.4.